The summed E-state index contributed by atoms with van der Waals surface area (Å²) in [6, 6.07) is 11.8. The summed E-state index contributed by atoms with van der Waals surface area (Å²) in [4.78, 5) is 23.4. The summed E-state index contributed by atoms with van der Waals surface area (Å²) in [6.45, 7) is 5.99. The van der Waals surface area contributed by atoms with Gasteiger partial charge < -0.3 is 25.4 Å². The highest BCUT2D eigenvalue weighted by atomic mass is 16.5. The molecule has 33 heavy (non-hydrogen) atoms. The number of carbonyl (C=O) groups excluding carboxylic acids is 1. The molecule has 4 heterocycles. The lowest BCUT2D eigenvalue weighted by atomic mass is 10.00. The van der Waals surface area contributed by atoms with Gasteiger partial charge in [-0.3, -0.25) is 9.78 Å². The van der Waals surface area contributed by atoms with E-state index in [2.05, 4.69) is 25.5 Å². The molecule has 0 radical (unpaired) electrons. The molecule has 2 aromatic heterocycles. The molecule has 0 bridgehead atoms. The first-order chi connectivity index (χ1) is 15.9. The van der Waals surface area contributed by atoms with Gasteiger partial charge in [-0.25, -0.2) is 4.98 Å². The second-order valence-corrected chi connectivity index (χ2v) is 8.92. The van der Waals surface area contributed by atoms with Crippen LogP contribution >= 0.6 is 0 Å². The molecular weight excluding hydrogens is 418 g/mol. The van der Waals surface area contributed by atoms with Crippen molar-refractivity contribution < 1.29 is 14.6 Å². The molecule has 0 spiro atoms. The monoisotopic (exact) mass is 445 g/mol. The number of morpholine rings is 1. The van der Waals surface area contributed by atoms with E-state index in [-0.39, 0.29) is 12.0 Å². The van der Waals surface area contributed by atoms with Crippen molar-refractivity contribution in [3.63, 3.8) is 0 Å². The lowest BCUT2D eigenvalue weighted by Gasteiger charge is -2.39. The number of nitrogens with one attached hydrogen (secondary N) is 2. The fourth-order valence-electron chi connectivity index (χ4n) is 4.31. The molecule has 3 N–H and O–H groups in total. The quantitative estimate of drug-likeness (QED) is 0.555. The maximum atomic E-state index is 12.6. The van der Waals surface area contributed by atoms with E-state index >= 15 is 0 Å². The highest BCUT2D eigenvalue weighted by Crippen LogP contribution is 2.33. The number of anilines is 3. The topological polar surface area (TPSA) is 99.6 Å². The van der Waals surface area contributed by atoms with Crippen molar-refractivity contribution in [1.82, 2.24) is 15.3 Å². The Morgan fingerprint density at radius 1 is 1.18 bits per heavy atom. The molecule has 170 valence electrons. The summed E-state index contributed by atoms with van der Waals surface area (Å²) in [6.07, 6.45) is 5.03. The number of hydrogen-bond donors (Lipinski definition) is 3. The third-order valence-corrected chi connectivity index (χ3v) is 6.18. The van der Waals surface area contributed by atoms with Crippen molar-refractivity contribution in [1.29, 1.82) is 0 Å². The zero-order chi connectivity index (χ0) is 23.0. The van der Waals surface area contributed by atoms with Crippen molar-refractivity contribution in [3.05, 3.63) is 66.1 Å². The van der Waals surface area contributed by atoms with Crippen LogP contribution in [0.5, 0.6) is 0 Å². The zero-order valence-electron chi connectivity index (χ0n) is 18.7. The van der Waals surface area contributed by atoms with Gasteiger partial charge in [0.05, 0.1) is 17.8 Å². The number of rotatable bonds is 5. The molecule has 8 nitrogen and oxygen atoms in total. The summed E-state index contributed by atoms with van der Waals surface area (Å²) in [5.41, 5.74) is 4.44. The van der Waals surface area contributed by atoms with Gasteiger partial charge >= 0.3 is 0 Å². The summed E-state index contributed by atoms with van der Waals surface area (Å²) >= 11 is 0. The molecule has 3 aromatic rings. The lowest BCUT2D eigenvalue weighted by Crippen LogP contribution is -2.52. The Balaban J connectivity index is 1.37. The van der Waals surface area contributed by atoms with Gasteiger partial charge in [0.15, 0.2) is 0 Å². The van der Waals surface area contributed by atoms with Gasteiger partial charge in [0.2, 0.25) is 0 Å². The van der Waals surface area contributed by atoms with Crippen LogP contribution in [0, 0.1) is 0 Å². The molecule has 1 atom stereocenters. The number of carbonyl (C=O) groups is 1. The Morgan fingerprint density at radius 3 is 2.67 bits per heavy atom. The SMILES string of the molecule is CC(C)(O)[C@H]1CN(c2ccc(Nc3ncc(-c4ccncc4)c4c3C(=O)NC4)cc2)CCO1. The first kappa shape index (κ1) is 21.4. The molecule has 0 unspecified atom stereocenters. The molecular formula is C25H27N5O3. The van der Waals surface area contributed by atoms with Gasteiger partial charge in [-0.15, -0.1) is 0 Å². The Hall–Kier alpha value is -3.49. The molecule has 5 rings (SSSR count). The number of ether oxygens (including phenoxy) is 1. The van der Waals surface area contributed by atoms with E-state index in [9.17, 15) is 9.90 Å². The number of nitrogens with zero attached hydrogens (tertiary/aromatic N) is 3. The van der Waals surface area contributed by atoms with E-state index in [0.29, 0.717) is 31.1 Å². The molecule has 2 aliphatic heterocycles. The molecule has 8 heteroatoms. The maximum Gasteiger partial charge on any atom is 0.255 e. The fourth-order valence-corrected chi connectivity index (χ4v) is 4.31. The third kappa shape index (κ3) is 4.27. The minimum atomic E-state index is -0.894. The zero-order valence-corrected chi connectivity index (χ0v) is 18.7. The average molecular weight is 446 g/mol. The standard InChI is InChI=1S/C25H27N5O3/c1-25(2,32)21-15-30(11-12-33-21)18-5-3-17(4-6-18)29-23-22-20(14-28-24(22)31)19(13-27-23)16-7-9-26-10-8-16/h3-10,13,21,32H,11-12,14-15H2,1-2H3,(H,27,29)(H,28,31)/t21-/m1/s1. The number of aliphatic hydroxyl groups is 1. The number of pyridine rings is 2. The van der Waals surface area contributed by atoms with E-state index < -0.39 is 5.60 Å². The lowest BCUT2D eigenvalue weighted by molar-refractivity contribution is -0.0927. The summed E-state index contributed by atoms with van der Waals surface area (Å²) in [5, 5.41) is 16.5. The Morgan fingerprint density at radius 2 is 1.94 bits per heavy atom. The number of amides is 1. The number of hydrogen-bond acceptors (Lipinski definition) is 7. The second kappa shape index (κ2) is 8.46. The molecule has 0 saturated carbocycles. The Labute approximate surface area is 192 Å². The van der Waals surface area contributed by atoms with Gasteiger partial charge in [-0.05, 0) is 61.4 Å². The van der Waals surface area contributed by atoms with Crippen LogP contribution in [0.3, 0.4) is 0 Å². The summed E-state index contributed by atoms with van der Waals surface area (Å²) in [7, 11) is 0. The predicted octanol–water partition coefficient (Wildman–Crippen LogP) is 3.11. The minimum Gasteiger partial charge on any atom is -0.388 e. The summed E-state index contributed by atoms with van der Waals surface area (Å²) < 4.78 is 5.74. The van der Waals surface area contributed by atoms with Gasteiger partial charge in [-0.2, -0.15) is 0 Å². The van der Waals surface area contributed by atoms with E-state index in [1.54, 1.807) is 32.4 Å². The van der Waals surface area contributed by atoms with Gasteiger partial charge in [0.25, 0.3) is 5.91 Å². The van der Waals surface area contributed by atoms with Crippen LogP contribution < -0.4 is 15.5 Å². The minimum absolute atomic E-state index is 0.126. The number of aromatic nitrogens is 2. The van der Waals surface area contributed by atoms with E-state index in [4.69, 9.17) is 4.74 Å². The molecule has 0 aliphatic carbocycles. The Kier molecular flexibility index (Phi) is 5.47. The normalized spacial score (nSPS) is 18.1. The first-order valence-electron chi connectivity index (χ1n) is 11.1. The smallest absolute Gasteiger partial charge is 0.255 e. The highest BCUT2D eigenvalue weighted by Gasteiger charge is 2.32. The van der Waals surface area contributed by atoms with E-state index in [0.717, 1.165) is 34.6 Å². The second-order valence-electron chi connectivity index (χ2n) is 8.92. The van der Waals surface area contributed by atoms with Crippen LogP contribution in [0.1, 0.15) is 29.8 Å². The van der Waals surface area contributed by atoms with Gasteiger partial charge in [-0.1, -0.05) is 0 Å². The number of fused-ring (bicyclic) bond motifs is 1. The van der Waals surface area contributed by atoms with Crippen LogP contribution in [-0.2, 0) is 11.3 Å². The molecule has 1 fully saturated rings. The largest absolute Gasteiger partial charge is 0.388 e. The fraction of sp³-hybridized carbons (Fsp3) is 0.320. The molecule has 1 saturated heterocycles. The summed E-state index contributed by atoms with van der Waals surface area (Å²) in [5.74, 6) is 0.414. The third-order valence-electron chi connectivity index (χ3n) is 6.18. The van der Waals surface area contributed by atoms with Crippen molar-refractivity contribution >= 4 is 23.1 Å². The highest BCUT2D eigenvalue weighted by molar-refractivity contribution is 6.05. The average Bonchev–Trinajstić information content (AvgIpc) is 3.22. The van der Waals surface area contributed by atoms with Crippen LogP contribution in [-0.4, -0.2) is 52.4 Å². The van der Waals surface area contributed by atoms with Crippen LogP contribution in [0.25, 0.3) is 11.1 Å². The molecule has 1 aromatic carbocycles. The number of benzene rings is 1. The Bertz CT molecular complexity index is 1160. The van der Waals surface area contributed by atoms with Crippen LogP contribution in [0.4, 0.5) is 17.2 Å². The van der Waals surface area contributed by atoms with Crippen LogP contribution in [0.2, 0.25) is 0 Å². The molecule has 1 amide bonds. The van der Waals surface area contributed by atoms with Crippen LogP contribution in [0.15, 0.2) is 55.0 Å². The molecule has 2 aliphatic rings. The maximum absolute atomic E-state index is 12.6. The van der Waals surface area contributed by atoms with Crippen molar-refractivity contribution in [2.75, 3.05) is 29.9 Å². The van der Waals surface area contributed by atoms with Gasteiger partial charge in [0.1, 0.15) is 11.9 Å². The predicted molar refractivity (Wildman–Crippen MR) is 127 cm³/mol. The van der Waals surface area contributed by atoms with Gasteiger partial charge in [0, 0.05) is 55.2 Å². The van der Waals surface area contributed by atoms with E-state index in [1.807, 2.05) is 36.4 Å². The van der Waals surface area contributed by atoms with Crippen molar-refractivity contribution in [2.24, 2.45) is 0 Å². The van der Waals surface area contributed by atoms with E-state index in [1.165, 1.54) is 0 Å². The first-order valence-corrected chi connectivity index (χ1v) is 11.1. The van der Waals surface area contributed by atoms with Crippen molar-refractivity contribution in [3.8, 4) is 11.1 Å². The van der Waals surface area contributed by atoms with Crippen molar-refractivity contribution in [2.45, 2.75) is 32.1 Å².